The van der Waals surface area contributed by atoms with Gasteiger partial charge in [-0.05, 0) is 62.2 Å². The fourth-order valence-corrected chi connectivity index (χ4v) is 8.02. The first-order chi connectivity index (χ1) is 11.6. The third-order valence-electron chi connectivity index (χ3n) is 9.18. The molecular formula is C21H32O4. The van der Waals surface area contributed by atoms with Crippen LogP contribution in [-0.4, -0.2) is 30.1 Å². The SMILES string of the molecule is COC(=O)[C@]1(C)CCC[C@@]2(C)[C@H]1[C@H](O)C[C@H]1CC(=O)[C@@]3(C)CC[C@]12C3. The molecule has 0 radical (unpaired) electrons. The monoisotopic (exact) mass is 348 g/mol. The van der Waals surface area contributed by atoms with E-state index in [0.717, 1.165) is 38.5 Å². The summed E-state index contributed by atoms with van der Waals surface area (Å²) in [6.07, 6.45) is 6.55. The van der Waals surface area contributed by atoms with E-state index in [0.29, 0.717) is 18.6 Å². The van der Waals surface area contributed by atoms with Gasteiger partial charge in [0.25, 0.3) is 0 Å². The van der Waals surface area contributed by atoms with Crippen molar-refractivity contribution in [3.05, 3.63) is 0 Å². The number of carbonyl (C=O) groups is 2. The number of methoxy groups -OCH3 is 1. The Morgan fingerprint density at radius 3 is 2.56 bits per heavy atom. The highest BCUT2D eigenvalue weighted by Crippen LogP contribution is 2.75. The highest BCUT2D eigenvalue weighted by atomic mass is 16.5. The van der Waals surface area contributed by atoms with Gasteiger partial charge < -0.3 is 9.84 Å². The van der Waals surface area contributed by atoms with Crippen molar-refractivity contribution in [1.82, 2.24) is 0 Å². The molecule has 0 saturated heterocycles. The molecule has 0 amide bonds. The highest BCUT2D eigenvalue weighted by Gasteiger charge is 2.72. The molecule has 0 aromatic heterocycles. The van der Waals surface area contributed by atoms with Crippen molar-refractivity contribution in [2.75, 3.05) is 7.11 Å². The van der Waals surface area contributed by atoms with Gasteiger partial charge in [-0.25, -0.2) is 0 Å². The zero-order chi connectivity index (χ0) is 18.3. The van der Waals surface area contributed by atoms with Crippen LogP contribution in [0.25, 0.3) is 0 Å². The van der Waals surface area contributed by atoms with Gasteiger partial charge in [0.1, 0.15) is 5.78 Å². The highest BCUT2D eigenvalue weighted by molar-refractivity contribution is 5.86. The molecule has 4 fully saturated rings. The van der Waals surface area contributed by atoms with Gasteiger partial charge in [-0.15, -0.1) is 0 Å². The summed E-state index contributed by atoms with van der Waals surface area (Å²) in [5.41, 5.74) is -0.822. The summed E-state index contributed by atoms with van der Waals surface area (Å²) in [4.78, 5) is 25.4. The molecule has 4 aliphatic carbocycles. The van der Waals surface area contributed by atoms with E-state index in [1.165, 1.54) is 7.11 Å². The molecule has 0 aromatic rings. The van der Waals surface area contributed by atoms with E-state index < -0.39 is 11.5 Å². The lowest BCUT2D eigenvalue weighted by Gasteiger charge is -2.67. The number of hydrogen-bond donors (Lipinski definition) is 1. The molecule has 4 aliphatic rings. The summed E-state index contributed by atoms with van der Waals surface area (Å²) in [6, 6.07) is 0. The first-order valence-corrected chi connectivity index (χ1v) is 9.93. The largest absolute Gasteiger partial charge is 0.469 e. The molecule has 2 bridgehead atoms. The van der Waals surface area contributed by atoms with Crippen LogP contribution in [0, 0.1) is 33.5 Å². The van der Waals surface area contributed by atoms with Crippen molar-refractivity contribution < 1.29 is 19.4 Å². The lowest BCUT2D eigenvalue weighted by molar-refractivity contribution is -0.225. The molecule has 4 saturated carbocycles. The Hall–Kier alpha value is -0.900. The zero-order valence-corrected chi connectivity index (χ0v) is 16.1. The van der Waals surface area contributed by atoms with E-state index in [1.807, 2.05) is 6.92 Å². The predicted molar refractivity (Wildman–Crippen MR) is 93.7 cm³/mol. The number of rotatable bonds is 1. The van der Waals surface area contributed by atoms with Crippen molar-refractivity contribution in [3.8, 4) is 0 Å². The number of Topliss-reactive ketones (excluding diaryl/α,β-unsaturated/α-hetero) is 1. The van der Waals surface area contributed by atoms with Crippen molar-refractivity contribution in [2.45, 2.75) is 78.2 Å². The second-order valence-corrected chi connectivity index (χ2v) is 10.2. The normalized spacial score (nSPS) is 54.6. The lowest BCUT2D eigenvalue weighted by Crippen LogP contribution is -2.65. The lowest BCUT2D eigenvalue weighted by atomic mass is 9.37. The minimum absolute atomic E-state index is 0.0759. The standard InChI is InChI=1S/C21H32O4/c1-18-8-9-21(12-18)13(11-15(18)23)10-14(22)16-19(2,17(24)25-4)6-5-7-20(16,21)3/h13-14,16,22H,5-12H2,1-4H3/t13-,14+,16-,18-,19+,20-,21-/m0/s1. The average Bonchev–Trinajstić information content (AvgIpc) is 2.88. The first kappa shape index (κ1) is 17.5. The molecule has 0 aliphatic heterocycles. The Morgan fingerprint density at radius 2 is 1.88 bits per heavy atom. The van der Waals surface area contributed by atoms with Crippen LogP contribution in [0.15, 0.2) is 0 Å². The summed E-state index contributed by atoms with van der Waals surface area (Å²) >= 11 is 0. The Morgan fingerprint density at radius 1 is 1.16 bits per heavy atom. The predicted octanol–water partition coefficient (Wildman–Crippen LogP) is 3.50. The third-order valence-corrected chi connectivity index (χ3v) is 9.18. The number of hydrogen-bond acceptors (Lipinski definition) is 4. The smallest absolute Gasteiger partial charge is 0.311 e. The van der Waals surface area contributed by atoms with Crippen LogP contribution in [-0.2, 0) is 14.3 Å². The van der Waals surface area contributed by atoms with E-state index in [1.54, 1.807) is 0 Å². The van der Waals surface area contributed by atoms with Gasteiger partial charge in [-0.2, -0.15) is 0 Å². The van der Waals surface area contributed by atoms with Gasteiger partial charge >= 0.3 is 5.97 Å². The van der Waals surface area contributed by atoms with Crippen LogP contribution in [0.3, 0.4) is 0 Å². The molecule has 1 spiro atoms. The molecule has 7 atom stereocenters. The quantitative estimate of drug-likeness (QED) is 0.737. The van der Waals surface area contributed by atoms with Crippen molar-refractivity contribution in [2.24, 2.45) is 33.5 Å². The van der Waals surface area contributed by atoms with E-state index in [-0.39, 0.29) is 34.1 Å². The zero-order valence-electron chi connectivity index (χ0n) is 16.1. The summed E-state index contributed by atoms with van der Waals surface area (Å²) in [5.74, 6) is 0.413. The van der Waals surface area contributed by atoms with Gasteiger partial charge in [0, 0.05) is 17.8 Å². The van der Waals surface area contributed by atoms with Crippen LogP contribution >= 0.6 is 0 Å². The minimum Gasteiger partial charge on any atom is -0.469 e. The van der Waals surface area contributed by atoms with Crippen molar-refractivity contribution >= 4 is 11.8 Å². The second kappa shape index (κ2) is 5.09. The molecule has 0 heterocycles. The Kier molecular flexibility index (Phi) is 3.56. The Balaban J connectivity index is 1.84. The Labute approximate surface area is 150 Å². The maximum absolute atomic E-state index is 12.7. The summed E-state index contributed by atoms with van der Waals surface area (Å²) in [5, 5.41) is 11.1. The van der Waals surface area contributed by atoms with Crippen molar-refractivity contribution in [1.29, 1.82) is 0 Å². The summed E-state index contributed by atoms with van der Waals surface area (Å²) in [7, 11) is 1.46. The first-order valence-electron chi connectivity index (χ1n) is 9.93. The molecule has 25 heavy (non-hydrogen) atoms. The average molecular weight is 348 g/mol. The van der Waals surface area contributed by atoms with Crippen LogP contribution in [0.4, 0.5) is 0 Å². The number of fused-ring (bicyclic) bond motifs is 2. The van der Waals surface area contributed by atoms with E-state index in [2.05, 4.69) is 13.8 Å². The second-order valence-electron chi connectivity index (χ2n) is 10.2. The molecular weight excluding hydrogens is 316 g/mol. The summed E-state index contributed by atoms with van der Waals surface area (Å²) in [6.45, 7) is 6.46. The minimum atomic E-state index is -0.624. The number of ether oxygens (including phenoxy) is 1. The maximum atomic E-state index is 12.7. The van der Waals surface area contributed by atoms with E-state index >= 15 is 0 Å². The topological polar surface area (TPSA) is 63.6 Å². The molecule has 4 heteroatoms. The number of carbonyl (C=O) groups excluding carboxylic acids is 2. The van der Waals surface area contributed by atoms with Crippen LogP contribution in [0.1, 0.15) is 72.1 Å². The van der Waals surface area contributed by atoms with E-state index in [4.69, 9.17) is 4.74 Å². The molecule has 140 valence electrons. The number of ketones is 1. The molecule has 1 N–H and O–H groups in total. The molecule has 4 nitrogen and oxygen atoms in total. The van der Waals surface area contributed by atoms with E-state index in [9.17, 15) is 14.7 Å². The molecule has 0 unspecified atom stereocenters. The Bertz CT molecular complexity index is 629. The van der Waals surface area contributed by atoms with Crippen LogP contribution < -0.4 is 0 Å². The number of esters is 1. The van der Waals surface area contributed by atoms with Gasteiger partial charge in [0.15, 0.2) is 0 Å². The molecule has 4 rings (SSSR count). The number of aliphatic hydroxyl groups is 1. The fourth-order valence-electron chi connectivity index (χ4n) is 8.02. The van der Waals surface area contributed by atoms with Gasteiger partial charge in [-0.3, -0.25) is 9.59 Å². The van der Waals surface area contributed by atoms with Crippen LogP contribution in [0.5, 0.6) is 0 Å². The third kappa shape index (κ3) is 1.92. The van der Waals surface area contributed by atoms with Gasteiger partial charge in [0.2, 0.25) is 0 Å². The van der Waals surface area contributed by atoms with Crippen LogP contribution in [0.2, 0.25) is 0 Å². The maximum Gasteiger partial charge on any atom is 0.311 e. The van der Waals surface area contributed by atoms with Crippen molar-refractivity contribution in [3.63, 3.8) is 0 Å². The summed E-state index contributed by atoms with van der Waals surface area (Å²) < 4.78 is 5.18. The van der Waals surface area contributed by atoms with Gasteiger partial charge in [0.05, 0.1) is 18.6 Å². The fraction of sp³-hybridized carbons (Fsp3) is 0.905. The number of aliphatic hydroxyl groups excluding tert-OH is 1. The molecule has 0 aromatic carbocycles. The van der Waals surface area contributed by atoms with Gasteiger partial charge in [-0.1, -0.05) is 20.3 Å².